The molecule has 112 valence electrons. The van der Waals surface area contributed by atoms with Gasteiger partial charge in [0.1, 0.15) is 11.1 Å². The minimum Gasteiger partial charge on any atom is -0.438 e. The number of carbonyl (C=O) groups is 1. The van der Waals surface area contributed by atoms with E-state index >= 15 is 0 Å². The van der Waals surface area contributed by atoms with E-state index in [4.69, 9.17) is 10.5 Å². The molecule has 0 amide bonds. The minimum absolute atomic E-state index is 0.0294. The summed E-state index contributed by atoms with van der Waals surface area (Å²) in [5.41, 5.74) is 5.88. The number of hydrogen-bond donors (Lipinski definition) is 1. The minimum atomic E-state index is -0.752. The first kappa shape index (κ1) is 13.7. The average molecular weight is 301 g/mol. The van der Waals surface area contributed by atoms with Crippen molar-refractivity contribution in [1.82, 2.24) is 20.2 Å². The third kappa shape index (κ3) is 2.28. The van der Waals surface area contributed by atoms with Gasteiger partial charge in [-0.3, -0.25) is 4.79 Å². The fourth-order valence-corrected chi connectivity index (χ4v) is 1.94. The highest BCUT2D eigenvalue weighted by atomic mass is 16.5. The van der Waals surface area contributed by atoms with E-state index in [2.05, 4.69) is 20.0 Å². The SMILES string of the molecule is Cc1noc(N)c1C(=O)OCn1nnc2ccccc2c1=O. The molecular weight excluding hydrogens is 290 g/mol. The summed E-state index contributed by atoms with van der Waals surface area (Å²) >= 11 is 0. The van der Waals surface area contributed by atoms with Crippen LogP contribution in [0.1, 0.15) is 16.1 Å². The van der Waals surface area contributed by atoms with Gasteiger partial charge in [0.05, 0.1) is 11.1 Å². The van der Waals surface area contributed by atoms with Gasteiger partial charge in [-0.05, 0) is 19.1 Å². The molecule has 22 heavy (non-hydrogen) atoms. The lowest BCUT2D eigenvalue weighted by Gasteiger charge is -2.06. The molecule has 0 aliphatic rings. The average Bonchev–Trinajstić information content (AvgIpc) is 2.86. The maximum atomic E-state index is 12.2. The topological polar surface area (TPSA) is 126 Å². The van der Waals surface area contributed by atoms with Gasteiger partial charge in [0.25, 0.3) is 5.56 Å². The summed E-state index contributed by atoms with van der Waals surface area (Å²) < 4.78 is 10.6. The molecular formula is C13H11N5O4. The van der Waals surface area contributed by atoms with E-state index in [0.29, 0.717) is 16.6 Å². The van der Waals surface area contributed by atoms with E-state index < -0.39 is 11.5 Å². The number of rotatable bonds is 3. The summed E-state index contributed by atoms with van der Waals surface area (Å²) in [7, 11) is 0. The molecule has 0 atom stereocenters. The van der Waals surface area contributed by atoms with Gasteiger partial charge in [-0.25, -0.2) is 4.79 Å². The number of anilines is 1. The van der Waals surface area contributed by atoms with E-state index in [1.54, 1.807) is 31.2 Å². The molecule has 0 fully saturated rings. The van der Waals surface area contributed by atoms with Crippen LogP contribution in [0.15, 0.2) is 33.6 Å². The molecule has 0 radical (unpaired) electrons. The van der Waals surface area contributed by atoms with Gasteiger partial charge >= 0.3 is 5.97 Å². The van der Waals surface area contributed by atoms with E-state index in [1.807, 2.05) is 0 Å². The smallest absolute Gasteiger partial charge is 0.347 e. The second-order valence-electron chi connectivity index (χ2n) is 4.48. The maximum Gasteiger partial charge on any atom is 0.347 e. The van der Waals surface area contributed by atoms with Gasteiger partial charge in [-0.15, -0.1) is 5.10 Å². The van der Waals surface area contributed by atoms with Crippen LogP contribution in [0.3, 0.4) is 0 Å². The van der Waals surface area contributed by atoms with Crippen LogP contribution in [-0.2, 0) is 11.5 Å². The van der Waals surface area contributed by atoms with Crippen molar-refractivity contribution in [2.75, 3.05) is 5.73 Å². The van der Waals surface area contributed by atoms with E-state index in [0.717, 1.165) is 4.68 Å². The molecule has 0 bridgehead atoms. The van der Waals surface area contributed by atoms with Gasteiger partial charge in [-0.2, -0.15) is 4.68 Å². The highest BCUT2D eigenvalue weighted by Crippen LogP contribution is 2.16. The van der Waals surface area contributed by atoms with Crippen LogP contribution in [0.5, 0.6) is 0 Å². The molecule has 3 rings (SSSR count). The quantitative estimate of drug-likeness (QED) is 0.692. The normalized spacial score (nSPS) is 10.8. The van der Waals surface area contributed by atoms with Crippen LogP contribution in [0.2, 0.25) is 0 Å². The lowest BCUT2D eigenvalue weighted by molar-refractivity contribution is 0.0336. The van der Waals surface area contributed by atoms with E-state index in [1.165, 1.54) is 0 Å². The van der Waals surface area contributed by atoms with E-state index in [-0.39, 0.29) is 18.2 Å². The Bertz CT molecular complexity index is 895. The standard InChI is InChI=1S/C13H11N5O4/c1-7-10(11(14)22-16-7)13(20)21-6-18-12(19)8-4-2-3-5-9(8)15-17-18/h2-5H,6,14H2,1H3. The third-order valence-corrected chi connectivity index (χ3v) is 3.04. The Morgan fingerprint density at radius 3 is 2.91 bits per heavy atom. The van der Waals surface area contributed by atoms with Crippen LogP contribution < -0.4 is 11.3 Å². The summed E-state index contributed by atoms with van der Waals surface area (Å²) in [5.74, 6) is -0.891. The van der Waals surface area contributed by atoms with E-state index in [9.17, 15) is 9.59 Å². The lowest BCUT2D eigenvalue weighted by atomic mass is 10.2. The van der Waals surface area contributed by atoms with Crippen molar-refractivity contribution in [3.8, 4) is 0 Å². The van der Waals surface area contributed by atoms with Crippen LogP contribution in [-0.4, -0.2) is 26.1 Å². The summed E-state index contributed by atoms with van der Waals surface area (Å²) in [5, 5.41) is 11.5. The Labute approximate surface area is 123 Å². The largest absolute Gasteiger partial charge is 0.438 e. The summed E-state index contributed by atoms with van der Waals surface area (Å²) in [4.78, 5) is 24.1. The van der Waals surface area contributed by atoms with Gasteiger partial charge in [0, 0.05) is 0 Å². The van der Waals surface area contributed by atoms with Crippen LogP contribution >= 0.6 is 0 Å². The zero-order chi connectivity index (χ0) is 15.7. The highest BCUT2D eigenvalue weighted by molar-refractivity contribution is 5.94. The molecule has 9 heteroatoms. The second kappa shape index (κ2) is 5.28. The molecule has 2 aromatic heterocycles. The molecule has 2 heterocycles. The first-order valence-corrected chi connectivity index (χ1v) is 6.29. The molecule has 0 aliphatic carbocycles. The van der Waals surface area contributed by atoms with Gasteiger partial charge in [-0.1, -0.05) is 22.5 Å². The fourth-order valence-electron chi connectivity index (χ4n) is 1.94. The van der Waals surface area contributed by atoms with Crippen molar-refractivity contribution < 1.29 is 14.1 Å². The molecule has 9 nitrogen and oxygen atoms in total. The molecule has 3 aromatic rings. The number of ether oxygens (including phenoxy) is 1. The third-order valence-electron chi connectivity index (χ3n) is 3.04. The fraction of sp³-hybridized carbons (Fsp3) is 0.154. The zero-order valence-corrected chi connectivity index (χ0v) is 11.5. The summed E-state index contributed by atoms with van der Waals surface area (Å²) in [6.07, 6.45) is 0. The molecule has 1 aromatic carbocycles. The Kier molecular flexibility index (Phi) is 3.30. The van der Waals surface area contributed by atoms with Crippen molar-refractivity contribution in [3.05, 3.63) is 45.9 Å². The maximum absolute atomic E-state index is 12.2. The molecule has 2 N–H and O–H groups in total. The number of nitrogens with zero attached hydrogens (tertiary/aromatic N) is 4. The van der Waals surface area contributed by atoms with Gasteiger partial charge < -0.3 is 15.0 Å². The number of benzene rings is 1. The Hall–Kier alpha value is -3.23. The number of aromatic nitrogens is 4. The first-order chi connectivity index (χ1) is 10.6. The molecule has 0 aliphatic heterocycles. The number of fused-ring (bicyclic) bond motifs is 1. The number of esters is 1. The Morgan fingerprint density at radius 2 is 2.18 bits per heavy atom. The summed E-state index contributed by atoms with van der Waals surface area (Å²) in [6, 6.07) is 6.75. The Balaban J connectivity index is 1.84. The zero-order valence-electron chi connectivity index (χ0n) is 11.5. The number of aryl methyl sites for hydroxylation is 1. The number of hydrogen-bond acceptors (Lipinski definition) is 8. The number of nitrogens with two attached hydrogens (primary N) is 1. The van der Waals surface area contributed by atoms with Crippen molar-refractivity contribution >= 4 is 22.8 Å². The Morgan fingerprint density at radius 1 is 1.41 bits per heavy atom. The summed E-state index contributed by atoms with van der Waals surface area (Å²) in [6.45, 7) is 1.16. The van der Waals surface area contributed by atoms with Crippen molar-refractivity contribution in [3.63, 3.8) is 0 Å². The number of carbonyl (C=O) groups excluding carboxylic acids is 1. The highest BCUT2D eigenvalue weighted by Gasteiger charge is 2.20. The van der Waals surface area contributed by atoms with Gasteiger partial charge in [0.2, 0.25) is 5.88 Å². The second-order valence-corrected chi connectivity index (χ2v) is 4.48. The molecule has 0 saturated heterocycles. The lowest BCUT2D eigenvalue weighted by Crippen LogP contribution is -2.26. The predicted octanol–water partition coefficient (Wildman–Crippen LogP) is 0.485. The van der Waals surface area contributed by atoms with Crippen molar-refractivity contribution in [2.45, 2.75) is 13.7 Å². The van der Waals surface area contributed by atoms with Crippen molar-refractivity contribution in [2.24, 2.45) is 0 Å². The molecule has 0 saturated carbocycles. The van der Waals surface area contributed by atoms with Crippen molar-refractivity contribution in [1.29, 1.82) is 0 Å². The van der Waals surface area contributed by atoms with Crippen LogP contribution in [0.25, 0.3) is 10.9 Å². The molecule has 0 spiro atoms. The van der Waals surface area contributed by atoms with Gasteiger partial charge in [0.15, 0.2) is 6.73 Å². The van der Waals surface area contributed by atoms with Crippen LogP contribution in [0.4, 0.5) is 5.88 Å². The first-order valence-electron chi connectivity index (χ1n) is 6.29. The predicted molar refractivity (Wildman–Crippen MR) is 74.9 cm³/mol. The number of nitrogen functional groups attached to an aromatic ring is 1. The monoisotopic (exact) mass is 301 g/mol. The van der Waals surface area contributed by atoms with Crippen LogP contribution in [0, 0.1) is 6.92 Å². The molecule has 0 unspecified atom stereocenters.